The van der Waals surface area contributed by atoms with Crippen molar-refractivity contribution in [3.63, 3.8) is 0 Å². The van der Waals surface area contributed by atoms with Crippen LogP contribution in [0.15, 0.2) is 41.0 Å². The molecule has 0 aliphatic rings. The fourth-order valence-corrected chi connectivity index (χ4v) is 2.36. The fourth-order valence-electron chi connectivity index (χ4n) is 2.36. The number of nitrogens with one attached hydrogen (secondary N) is 1. The zero-order valence-electron chi connectivity index (χ0n) is 16.2. The van der Waals surface area contributed by atoms with Gasteiger partial charge in [-0.3, -0.25) is 4.79 Å². The third kappa shape index (κ3) is 5.54. The van der Waals surface area contributed by atoms with Gasteiger partial charge in [-0.15, -0.1) is 0 Å². The van der Waals surface area contributed by atoms with Crippen LogP contribution in [0.1, 0.15) is 18.2 Å². The van der Waals surface area contributed by atoms with E-state index in [1.807, 2.05) is 0 Å². The molecule has 150 valence electrons. The topological polar surface area (TPSA) is 96.2 Å². The van der Waals surface area contributed by atoms with Gasteiger partial charge in [-0.05, 0) is 42.8 Å². The first kappa shape index (κ1) is 20.9. The summed E-state index contributed by atoms with van der Waals surface area (Å²) in [7, 11) is 4.51. The summed E-state index contributed by atoms with van der Waals surface area (Å²) in [5.41, 5.74) is 0.640. The highest BCUT2D eigenvalue weighted by Gasteiger charge is 2.17. The molecule has 2 rings (SSSR count). The highest BCUT2D eigenvalue weighted by atomic mass is 16.5. The molecule has 1 aromatic carbocycles. The minimum Gasteiger partial charge on any atom is -0.493 e. The summed E-state index contributed by atoms with van der Waals surface area (Å²) < 4.78 is 26.0. The van der Waals surface area contributed by atoms with Gasteiger partial charge >= 0.3 is 5.97 Å². The number of carbonyl (C=O) groups excluding carboxylic acids is 2. The van der Waals surface area contributed by atoms with Gasteiger partial charge in [-0.25, -0.2) is 4.79 Å². The first-order valence-corrected chi connectivity index (χ1v) is 8.47. The molecule has 1 amide bonds. The van der Waals surface area contributed by atoms with Gasteiger partial charge in [0.1, 0.15) is 5.76 Å². The molecule has 2 aromatic rings. The molecule has 0 radical (unpaired) electrons. The number of rotatable bonds is 9. The lowest BCUT2D eigenvalue weighted by Gasteiger charge is -2.13. The zero-order chi connectivity index (χ0) is 20.5. The van der Waals surface area contributed by atoms with Gasteiger partial charge < -0.3 is 28.7 Å². The van der Waals surface area contributed by atoms with Crippen LogP contribution in [0.2, 0.25) is 0 Å². The van der Waals surface area contributed by atoms with Crippen molar-refractivity contribution in [3.05, 3.63) is 47.9 Å². The van der Waals surface area contributed by atoms with Crippen molar-refractivity contribution >= 4 is 18.0 Å². The number of ether oxygens (including phenoxy) is 4. The van der Waals surface area contributed by atoms with Gasteiger partial charge in [0.2, 0.25) is 5.75 Å². The van der Waals surface area contributed by atoms with Crippen LogP contribution in [-0.2, 0) is 20.9 Å². The fraction of sp³-hybridized carbons (Fsp3) is 0.300. The monoisotopic (exact) mass is 389 g/mol. The lowest BCUT2D eigenvalue weighted by atomic mass is 10.1. The molecule has 0 spiro atoms. The van der Waals surface area contributed by atoms with E-state index in [1.165, 1.54) is 46.7 Å². The summed E-state index contributed by atoms with van der Waals surface area (Å²) in [6, 6.07) is 6.82. The molecular formula is C20H23NO7. The molecule has 0 aliphatic heterocycles. The summed E-state index contributed by atoms with van der Waals surface area (Å²) in [4.78, 5) is 24.0. The van der Waals surface area contributed by atoms with Gasteiger partial charge in [0, 0.05) is 6.08 Å². The average Bonchev–Trinajstić information content (AvgIpc) is 3.22. The number of carbonyl (C=O) groups is 2. The maximum atomic E-state index is 12.0. The number of amides is 1. The SMILES string of the molecule is COc1cc(/C=C/C(=O)O[C@H](C)C(=O)NCc2ccco2)cc(OC)c1OC. The van der Waals surface area contributed by atoms with E-state index in [0.29, 0.717) is 28.6 Å². The van der Waals surface area contributed by atoms with Crippen LogP contribution >= 0.6 is 0 Å². The second-order valence-electron chi connectivity index (χ2n) is 5.67. The normalized spacial score (nSPS) is 11.7. The Morgan fingerprint density at radius 2 is 1.82 bits per heavy atom. The van der Waals surface area contributed by atoms with Crippen LogP contribution in [0.25, 0.3) is 6.08 Å². The van der Waals surface area contributed by atoms with E-state index in [-0.39, 0.29) is 6.54 Å². The van der Waals surface area contributed by atoms with E-state index in [2.05, 4.69) is 5.32 Å². The largest absolute Gasteiger partial charge is 0.493 e. The van der Waals surface area contributed by atoms with Crippen molar-refractivity contribution < 1.29 is 33.0 Å². The maximum Gasteiger partial charge on any atom is 0.331 e. The summed E-state index contributed by atoms with van der Waals surface area (Å²) in [6.45, 7) is 1.71. The lowest BCUT2D eigenvalue weighted by Crippen LogP contribution is -2.35. The third-order valence-electron chi connectivity index (χ3n) is 3.78. The van der Waals surface area contributed by atoms with Crippen LogP contribution in [0.5, 0.6) is 17.2 Å². The molecule has 0 fully saturated rings. The van der Waals surface area contributed by atoms with Crippen LogP contribution in [0.3, 0.4) is 0 Å². The minimum atomic E-state index is -0.952. The number of hydrogen-bond acceptors (Lipinski definition) is 7. The minimum absolute atomic E-state index is 0.217. The summed E-state index contributed by atoms with van der Waals surface area (Å²) >= 11 is 0. The van der Waals surface area contributed by atoms with Crippen molar-refractivity contribution in [3.8, 4) is 17.2 Å². The highest BCUT2D eigenvalue weighted by molar-refractivity contribution is 5.90. The van der Waals surface area contributed by atoms with Crippen LogP contribution in [-0.4, -0.2) is 39.3 Å². The molecule has 1 N–H and O–H groups in total. The van der Waals surface area contributed by atoms with Gasteiger partial charge in [0.15, 0.2) is 17.6 Å². The standard InChI is InChI=1S/C20H23NO7/c1-13(20(23)21-12-15-6-5-9-27-15)28-18(22)8-7-14-10-16(24-2)19(26-4)17(11-14)25-3/h5-11,13H,12H2,1-4H3,(H,21,23)/b8-7+/t13-/m1/s1. The first-order valence-electron chi connectivity index (χ1n) is 8.47. The van der Waals surface area contributed by atoms with Gasteiger partial charge in [0.05, 0.1) is 34.1 Å². The Morgan fingerprint density at radius 3 is 2.36 bits per heavy atom. The molecule has 0 saturated heterocycles. The second kappa shape index (κ2) is 10.1. The molecule has 1 aromatic heterocycles. The van der Waals surface area contributed by atoms with E-state index in [0.717, 1.165) is 0 Å². The molecule has 1 heterocycles. The Hall–Kier alpha value is -3.42. The first-order chi connectivity index (χ1) is 13.5. The Bertz CT molecular complexity index is 802. The van der Waals surface area contributed by atoms with Gasteiger partial charge in [-0.1, -0.05) is 0 Å². The second-order valence-corrected chi connectivity index (χ2v) is 5.67. The lowest BCUT2D eigenvalue weighted by molar-refractivity contribution is -0.150. The van der Waals surface area contributed by atoms with E-state index < -0.39 is 18.0 Å². The smallest absolute Gasteiger partial charge is 0.331 e. The van der Waals surface area contributed by atoms with Crippen LogP contribution in [0, 0.1) is 0 Å². The average molecular weight is 389 g/mol. The van der Waals surface area contributed by atoms with Crippen molar-refractivity contribution in [2.45, 2.75) is 19.6 Å². The zero-order valence-corrected chi connectivity index (χ0v) is 16.2. The quantitative estimate of drug-likeness (QED) is 0.520. The molecule has 0 aliphatic carbocycles. The van der Waals surface area contributed by atoms with E-state index in [9.17, 15) is 9.59 Å². The van der Waals surface area contributed by atoms with Gasteiger partial charge in [-0.2, -0.15) is 0 Å². The molecular weight excluding hydrogens is 366 g/mol. The Kier molecular flexibility index (Phi) is 7.50. The van der Waals surface area contributed by atoms with Crippen molar-refractivity contribution in [1.29, 1.82) is 0 Å². The summed E-state index contributed by atoms with van der Waals surface area (Å²) in [6.07, 6.45) is 3.31. The summed E-state index contributed by atoms with van der Waals surface area (Å²) in [5.74, 6) is 0.891. The number of methoxy groups -OCH3 is 3. The van der Waals surface area contributed by atoms with E-state index in [1.54, 1.807) is 24.3 Å². The van der Waals surface area contributed by atoms with E-state index >= 15 is 0 Å². The molecule has 0 saturated carbocycles. The molecule has 8 nitrogen and oxygen atoms in total. The Balaban J connectivity index is 1.96. The number of esters is 1. The van der Waals surface area contributed by atoms with Crippen molar-refractivity contribution in [2.75, 3.05) is 21.3 Å². The van der Waals surface area contributed by atoms with Crippen LogP contribution in [0.4, 0.5) is 0 Å². The number of furan rings is 1. The van der Waals surface area contributed by atoms with Crippen LogP contribution < -0.4 is 19.5 Å². The van der Waals surface area contributed by atoms with Crippen molar-refractivity contribution in [1.82, 2.24) is 5.32 Å². The third-order valence-corrected chi connectivity index (χ3v) is 3.78. The highest BCUT2D eigenvalue weighted by Crippen LogP contribution is 2.38. The predicted molar refractivity (Wildman–Crippen MR) is 101 cm³/mol. The number of benzene rings is 1. The molecule has 1 atom stereocenters. The number of hydrogen-bond donors (Lipinski definition) is 1. The molecule has 28 heavy (non-hydrogen) atoms. The van der Waals surface area contributed by atoms with Crippen molar-refractivity contribution in [2.24, 2.45) is 0 Å². The Morgan fingerprint density at radius 1 is 1.14 bits per heavy atom. The van der Waals surface area contributed by atoms with E-state index in [4.69, 9.17) is 23.4 Å². The predicted octanol–water partition coefficient (Wildman–Crippen LogP) is 2.57. The molecule has 8 heteroatoms. The molecule has 0 bridgehead atoms. The van der Waals surface area contributed by atoms with Gasteiger partial charge in [0.25, 0.3) is 5.91 Å². The Labute approximate surface area is 163 Å². The maximum absolute atomic E-state index is 12.0. The molecule has 0 unspecified atom stereocenters. The summed E-state index contributed by atoms with van der Waals surface area (Å²) in [5, 5.41) is 2.63.